The molecular formula is C20H32N2OSi. The molecule has 0 atom stereocenters. The Balaban J connectivity index is 1.78. The molecule has 132 valence electrons. The van der Waals surface area contributed by atoms with E-state index in [0.717, 1.165) is 12.2 Å². The molecule has 0 bridgehead atoms. The molecule has 0 radical (unpaired) electrons. The largest absolute Gasteiger partial charge is 0.543 e. The molecule has 0 aliphatic carbocycles. The summed E-state index contributed by atoms with van der Waals surface area (Å²) in [5, 5.41) is 1.55. The Labute approximate surface area is 147 Å². The first-order valence-electron chi connectivity index (χ1n) is 9.28. The van der Waals surface area contributed by atoms with E-state index in [-0.39, 0.29) is 5.04 Å². The van der Waals surface area contributed by atoms with E-state index in [1.54, 1.807) is 0 Å². The molecular weight excluding hydrogens is 312 g/mol. The molecule has 0 spiro atoms. The van der Waals surface area contributed by atoms with Crippen molar-refractivity contribution in [2.75, 3.05) is 19.6 Å². The highest BCUT2D eigenvalue weighted by molar-refractivity contribution is 6.74. The molecule has 1 aromatic heterocycles. The highest BCUT2D eigenvalue weighted by Gasteiger charge is 2.39. The Kier molecular flexibility index (Phi) is 4.80. The summed E-state index contributed by atoms with van der Waals surface area (Å²) in [5.74, 6) is 1.02. The van der Waals surface area contributed by atoms with E-state index < -0.39 is 8.32 Å². The second-order valence-electron chi connectivity index (χ2n) is 8.68. The average molecular weight is 345 g/mol. The molecule has 1 aliphatic rings. The first-order chi connectivity index (χ1) is 11.3. The highest BCUT2D eigenvalue weighted by atomic mass is 28.4. The summed E-state index contributed by atoms with van der Waals surface area (Å²) >= 11 is 0. The molecule has 0 unspecified atom stereocenters. The van der Waals surface area contributed by atoms with Crippen molar-refractivity contribution in [3.05, 3.63) is 30.0 Å². The van der Waals surface area contributed by atoms with Gasteiger partial charge >= 0.3 is 0 Å². The number of hydrogen-bond acceptors (Lipinski definition) is 2. The van der Waals surface area contributed by atoms with Crippen LogP contribution >= 0.6 is 0 Å². The zero-order valence-corrected chi connectivity index (χ0v) is 16.9. The maximum Gasteiger partial charge on any atom is 0.250 e. The van der Waals surface area contributed by atoms with Gasteiger partial charge in [-0.3, -0.25) is 0 Å². The molecule has 1 saturated heterocycles. The standard InChI is InChI=1S/C20H32N2OSi/c1-20(2,3)24(4,5)23-17-8-9-19-18(14-17)16(15-21-19)10-13-22-11-6-7-12-22/h8-9,14-15,21H,6-7,10-13H2,1-5H3. The van der Waals surface area contributed by atoms with Crippen LogP contribution in [0.2, 0.25) is 18.1 Å². The van der Waals surface area contributed by atoms with Crippen molar-refractivity contribution in [2.45, 2.75) is 58.2 Å². The van der Waals surface area contributed by atoms with Crippen molar-refractivity contribution >= 4 is 19.2 Å². The molecule has 1 fully saturated rings. The lowest BCUT2D eigenvalue weighted by Gasteiger charge is -2.36. The van der Waals surface area contributed by atoms with Gasteiger partial charge in [0, 0.05) is 23.6 Å². The molecule has 1 N–H and O–H groups in total. The zero-order valence-electron chi connectivity index (χ0n) is 15.9. The molecule has 4 heteroatoms. The Bertz CT molecular complexity index is 693. The second-order valence-corrected chi connectivity index (χ2v) is 13.4. The van der Waals surface area contributed by atoms with Crippen LogP contribution in [0.3, 0.4) is 0 Å². The summed E-state index contributed by atoms with van der Waals surface area (Å²) in [5.41, 5.74) is 2.63. The third-order valence-electron chi connectivity index (χ3n) is 5.81. The molecule has 2 heterocycles. The van der Waals surface area contributed by atoms with E-state index >= 15 is 0 Å². The molecule has 3 rings (SSSR count). The smallest absolute Gasteiger partial charge is 0.250 e. The van der Waals surface area contributed by atoms with Crippen molar-refractivity contribution in [3.63, 3.8) is 0 Å². The number of hydrogen-bond donors (Lipinski definition) is 1. The number of aromatic nitrogens is 1. The van der Waals surface area contributed by atoms with Gasteiger partial charge < -0.3 is 14.3 Å². The van der Waals surface area contributed by atoms with Crippen molar-refractivity contribution in [3.8, 4) is 5.75 Å². The molecule has 3 nitrogen and oxygen atoms in total. The lowest BCUT2D eigenvalue weighted by Crippen LogP contribution is -2.43. The van der Waals surface area contributed by atoms with E-state index in [1.807, 2.05) is 0 Å². The molecule has 0 amide bonds. The molecule has 0 saturated carbocycles. The number of rotatable bonds is 5. The Morgan fingerprint density at radius 1 is 1.17 bits per heavy atom. The van der Waals surface area contributed by atoms with Crippen LogP contribution in [0.1, 0.15) is 39.2 Å². The summed E-state index contributed by atoms with van der Waals surface area (Å²) in [6.45, 7) is 15.2. The van der Waals surface area contributed by atoms with Crippen LogP contribution in [-0.2, 0) is 6.42 Å². The SMILES string of the molecule is CC(C)(C)[Si](C)(C)Oc1ccc2[nH]cc(CCN3CCCC3)c2c1. The third kappa shape index (κ3) is 3.70. The van der Waals surface area contributed by atoms with E-state index in [1.165, 1.54) is 48.9 Å². The number of fused-ring (bicyclic) bond motifs is 1. The number of aromatic amines is 1. The minimum absolute atomic E-state index is 0.221. The number of nitrogens with zero attached hydrogens (tertiary/aromatic N) is 1. The average Bonchev–Trinajstić information content (AvgIpc) is 3.12. The van der Waals surface area contributed by atoms with Gasteiger partial charge in [0.2, 0.25) is 8.32 Å². The van der Waals surface area contributed by atoms with Gasteiger partial charge in [0.1, 0.15) is 5.75 Å². The van der Waals surface area contributed by atoms with Crippen LogP contribution < -0.4 is 4.43 Å². The topological polar surface area (TPSA) is 28.3 Å². The fourth-order valence-electron chi connectivity index (χ4n) is 3.16. The van der Waals surface area contributed by atoms with E-state index in [2.05, 4.69) is 68.1 Å². The molecule has 24 heavy (non-hydrogen) atoms. The zero-order chi connectivity index (χ0) is 17.4. The Hall–Kier alpha value is -1.26. The lowest BCUT2D eigenvalue weighted by atomic mass is 10.1. The van der Waals surface area contributed by atoms with Crippen LogP contribution in [0.25, 0.3) is 10.9 Å². The normalized spacial score (nSPS) is 16.9. The van der Waals surface area contributed by atoms with Crippen LogP contribution in [0.4, 0.5) is 0 Å². The molecule has 2 aromatic rings. The highest BCUT2D eigenvalue weighted by Crippen LogP contribution is 2.38. The van der Waals surface area contributed by atoms with Gasteiger partial charge in [-0.2, -0.15) is 0 Å². The van der Waals surface area contributed by atoms with Crippen molar-refractivity contribution in [1.82, 2.24) is 9.88 Å². The summed E-state index contributed by atoms with van der Waals surface area (Å²) in [6, 6.07) is 6.52. The van der Waals surface area contributed by atoms with Gasteiger partial charge in [-0.05, 0) is 74.2 Å². The Morgan fingerprint density at radius 2 is 1.88 bits per heavy atom. The van der Waals surface area contributed by atoms with E-state index in [0.29, 0.717) is 0 Å². The minimum atomic E-state index is -1.79. The van der Waals surface area contributed by atoms with Crippen LogP contribution in [0, 0.1) is 0 Å². The van der Waals surface area contributed by atoms with Gasteiger partial charge in [0.15, 0.2) is 0 Å². The Morgan fingerprint density at radius 3 is 2.54 bits per heavy atom. The minimum Gasteiger partial charge on any atom is -0.543 e. The third-order valence-corrected chi connectivity index (χ3v) is 10.2. The fourth-order valence-corrected chi connectivity index (χ4v) is 4.18. The van der Waals surface area contributed by atoms with Gasteiger partial charge in [-0.1, -0.05) is 20.8 Å². The maximum atomic E-state index is 6.49. The monoisotopic (exact) mass is 344 g/mol. The van der Waals surface area contributed by atoms with Crippen molar-refractivity contribution in [1.29, 1.82) is 0 Å². The first kappa shape index (κ1) is 17.6. The van der Waals surface area contributed by atoms with Gasteiger partial charge in [-0.25, -0.2) is 0 Å². The lowest BCUT2D eigenvalue weighted by molar-refractivity contribution is 0.344. The number of nitrogens with one attached hydrogen (secondary N) is 1. The van der Waals surface area contributed by atoms with E-state index in [4.69, 9.17) is 4.43 Å². The van der Waals surface area contributed by atoms with Crippen LogP contribution in [-0.4, -0.2) is 37.8 Å². The van der Waals surface area contributed by atoms with Gasteiger partial charge in [-0.15, -0.1) is 0 Å². The molecule has 1 aromatic carbocycles. The predicted octanol–water partition coefficient (Wildman–Crippen LogP) is 5.19. The number of H-pyrrole nitrogens is 1. The number of benzene rings is 1. The summed E-state index contributed by atoms with van der Waals surface area (Å²) < 4.78 is 6.49. The van der Waals surface area contributed by atoms with Crippen LogP contribution in [0.15, 0.2) is 24.4 Å². The summed E-state index contributed by atoms with van der Waals surface area (Å²) in [4.78, 5) is 6.00. The number of likely N-dealkylation sites (tertiary alicyclic amines) is 1. The fraction of sp³-hybridized carbons (Fsp3) is 0.600. The molecule has 1 aliphatic heterocycles. The van der Waals surface area contributed by atoms with Crippen molar-refractivity contribution in [2.24, 2.45) is 0 Å². The first-order valence-corrected chi connectivity index (χ1v) is 12.2. The van der Waals surface area contributed by atoms with E-state index in [9.17, 15) is 0 Å². The predicted molar refractivity (Wildman–Crippen MR) is 106 cm³/mol. The summed E-state index contributed by atoms with van der Waals surface area (Å²) in [6.07, 6.45) is 6.01. The second kappa shape index (κ2) is 6.56. The summed E-state index contributed by atoms with van der Waals surface area (Å²) in [7, 11) is -1.79. The maximum absolute atomic E-state index is 6.49. The van der Waals surface area contributed by atoms with Gasteiger partial charge in [0.25, 0.3) is 0 Å². The van der Waals surface area contributed by atoms with Crippen LogP contribution in [0.5, 0.6) is 5.75 Å². The van der Waals surface area contributed by atoms with Crippen molar-refractivity contribution < 1.29 is 4.43 Å². The quantitative estimate of drug-likeness (QED) is 0.756. The van der Waals surface area contributed by atoms with Gasteiger partial charge in [0.05, 0.1) is 0 Å².